The van der Waals surface area contributed by atoms with Gasteiger partial charge in [-0.15, -0.1) is 0 Å². The summed E-state index contributed by atoms with van der Waals surface area (Å²) in [6.07, 6.45) is 1.56. The summed E-state index contributed by atoms with van der Waals surface area (Å²) in [4.78, 5) is 10.3. The molecule has 1 aromatic carbocycles. The van der Waals surface area contributed by atoms with Crippen molar-refractivity contribution >= 4 is 6.41 Å². The Morgan fingerprint density at radius 3 is 2.92 bits per heavy atom. The molecule has 3 heteroatoms. The molecular formula is C10H12N2O. The van der Waals surface area contributed by atoms with Gasteiger partial charge in [0.2, 0.25) is 6.41 Å². The van der Waals surface area contributed by atoms with E-state index in [1.54, 1.807) is 0 Å². The number of nitrogens with two attached hydrogens (primary N) is 1. The number of benzene rings is 1. The lowest BCUT2D eigenvalue weighted by Crippen LogP contribution is -2.35. The normalized spacial score (nSPS) is 25.3. The summed E-state index contributed by atoms with van der Waals surface area (Å²) >= 11 is 0. The summed E-state index contributed by atoms with van der Waals surface area (Å²) in [5, 5.41) is 2.74. The SMILES string of the molecule is N[C@H]1c2ccccc2C[C@@H]1NC=O. The van der Waals surface area contributed by atoms with Gasteiger partial charge in [-0.2, -0.15) is 0 Å². The predicted octanol–water partition coefficient (Wildman–Crippen LogP) is 0.357. The first kappa shape index (κ1) is 8.26. The molecule has 0 heterocycles. The minimum absolute atomic E-state index is 0.0543. The van der Waals surface area contributed by atoms with Crippen molar-refractivity contribution in [1.29, 1.82) is 0 Å². The molecule has 1 aliphatic rings. The van der Waals surface area contributed by atoms with Crippen molar-refractivity contribution in [2.45, 2.75) is 18.5 Å². The van der Waals surface area contributed by atoms with Gasteiger partial charge >= 0.3 is 0 Å². The van der Waals surface area contributed by atoms with E-state index in [-0.39, 0.29) is 12.1 Å². The van der Waals surface area contributed by atoms with E-state index in [1.165, 1.54) is 5.56 Å². The fourth-order valence-electron chi connectivity index (χ4n) is 1.88. The maximum atomic E-state index is 10.3. The lowest BCUT2D eigenvalue weighted by molar-refractivity contribution is -0.110. The van der Waals surface area contributed by atoms with Gasteiger partial charge in [0.15, 0.2) is 0 Å². The van der Waals surface area contributed by atoms with E-state index >= 15 is 0 Å². The van der Waals surface area contributed by atoms with E-state index in [0.29, 0.717) is 0 Å². The van der Waals surface area contributed by atoms with Crippen molar-refractivity contribution in [1.82, 2.24) is 5.32 Å². The Kier molecular flexibility index (Phi) is 2.02. The van der Waals surface area contributed by atoms with Crippen LogP contribution in [-0.4, -0.2) is 12.5 Å². The number of amides is 1. The minimum Gasteiger partial charge on any atom is -0.354 e. The number of nitrogens with one attached hydrogen (secondary N) is 1. The highest BCUT2D eigenvalue weighted by Gasteiger charge is 2.28. The molecule has 0 spiro atoms. The molecule has 0 fully saturated rings. The maximum Gasteiger partial charge on any atom is 0.207 e. The molecule has 0 aliphatic heterocycles. The Morgan fingerprint density at radius 2 is 2.23 bits per heavy atom. The fourth-order valence-corrected chi connectivity index (χ4v) is 1.88. The molecule has 2 rings (SSSR count). The monoisotopic (exact) mass is 176 g/mol. The molecule has 1 amide bonds. The van der Waals surface area contributed by atoms with Gasteiger partial charge in [-0.25, -0.2) is 0 Å². The maximum absolute atomic E-state index is 10.3. The van der Waals surface area contributed by atoms with E-state index in [2.05, 4.69) is 11.4 Å². The second-order valence-electron chi connectivity index (χ2n) is 3.32. The highest BCUT2D eigenvalue weighted by atomic mass is 16.1. The molecular weight excluding hydrogens is 164 g/mol. The Labute approximate surface area is 76.9 Å². The molecule has 0 unspecified atom stereocenters. The van der Waals surface area contributed by atoms with Crippen LogP contribution in [0, 0.1) is 0 Å². The molecule has 1 aliphatic carbocycles. The first-order valence-corrected chi connectivity index (χ1v) is 4.36. The minimum atomic E-state index is -0.0543. The van der Waals surface area contributed by atoms with Crippen LogP contribution < -0.4 is 11.1 Å². The molecule has 2 atom stereocenters. The Bertz CT molecular complexity index is 324. The number of hydrogen-bond acceptors (Lipinski definition) is 2. The zero-order valence-corrected chi connectivity index (χ0v) is 7.23. The summed E-state index contributed by atoms with van der Waals surface area (Å²) in [5.74, 6) is 0. The summed E-state index contributed by atoms with van der Waals surface area (Å²) in [6, 6.07) is 8.06. The quantitative estimate of drug-likeness (QED) is 0.639. The van der Waals surface area contributed by atoms with Crippen LogP contribution in [0.15, 0.2) is 24.3 Å². The second kappa shape index (κ2) is 3.18. The summed E-state index contributed by atoms with van der Waals surface area (Å²) in [6.45, 7) is 0. The van der Waals surface area contributed by atoms with E-state index in [9.17, 15) is 4.79 Å². The molecule has 0 radical (unpaired) electrons. The van der Waals surface area contributed by atoms with Crippen LogP contribution in [0.4, 0.5) is 0 Å². The second-order valence-corrected chi connectivity index (χ2v) is 3.32. The molecule has 1 aromatic rings. The molecule has 0 saturated heterocycles. The average molecular weight is 176 g/mol. The van der Waals surface area contributed by atoms with Crippen LogP contribution in [0.1, 0.15) is 17.2 Å². The molecule has 0 bridgehead atoms. The number of fused-ring (bicyclic) bond motifs is 1. The predicted molar refractivity (Wildman–Crippen MR) is 50.1 cm³/mol. The zero-order valence-electron chi connectivity index (χ0n) is 7.23. The number of hydrogen-bond donors (Lipinski definition) is 2. The van der Waals surface area contributed by atoms with Gasteiger partial charge in [-0.05, 0) is 17.5 Å². The third-order valence-electron chi connectivity index (χ3n) is 2.57. The first-order valence-electron chi connectivity index (χ1n) is 4.36. The Hall–Kier alpha value is -1.35. The number of carbonyl (C=O) groups is 1. The topological polar surface area (TPSA) is 55.1 Å². The number of rotatable bonds is 2. The van der Waals surface area contributed by atoms with Crippen molar-refractivity contribution in [2.24, 2.45) is 5.73 Å². The molecule has 13 heavy (non-hydrogen) atoms. The van der Waals surface area contributed by atoms with Crippen molar-refractivity contribution < 1.29 is 4.79 Å². The van der Waals surface area contributed by atoms with Crippen molar-refractivity contribution in [2.75, 3.05) is 0 Å². The highest BCUT2D eigenvalue weighted by molar-refractivity contribution is 5.49. The van der Waals surface area contributed by atoms with Crippen LogP contribution in [0.2, 0.25) is 0 Å². The smallest absolute Gasteiger partial charge is 0.207 e. The lowest BCUT2D eigenvalue weighted by Gasteiger charge is -2.14. The third-order valence-corrected chi connectivity index (χ3v) is 2.57. The van der Waals surface area contributed by atoms with Crippen molar-refractivity contribution in [3.8, 4) is 0 Å². The van der Waals surface area contributed by atoms with Gasteiger partial charge in [0.1, 0.15) is 0 Å². The molecule has 0 aromatic heterocycles. The summed E-state index contributed by atoms with van der Waals surface area (Å²) in [7, 11) is 0. The Balaban J connectivity index is 2.27. The standard InChI is InChI=1S/C10H12N2O/c11-10-8-4-2-1-3-7(8)5-9(10)12-6-13/h1-4,6,9-10H,5,11H2,(H,12,13)/t9-,10-/m0/s1. The van der Waals surface area contributed by atoms with Gasteiger partial charge in [0.05, 0.1) is 12.1 Å². The molecule has 3 nitrogen and oxygen atoms in total. The van der Waals surface area contributed by atoms with Crippen LogP contribution in [0.5, 0.6) is 0 Å². The Morgan fingerprint density at radius 1 is 1.46 bits per heavy atom. The molecule has 0 saturated carbocycles. The fraction of sp³-hybridized carbons (Fsp3) is 0.300. The first-order chi connectivity index (χ1) is 6.33. The van der Waals surface area contributed by atoms with Crippen molar-refractivity contribution in [3.63, 3.8) is 0 Å². The van der Waals surface area contributed by atoms with Crippen LogP contribution in [0.3, 0.4) is 0 Å². The lowest BCUT2D eigenvalue weighted by atomic mass is 10.1. The largest absolute Gasteiger partial charge is 0.354 e. The average Bonchev–Trinajstić information content (AvgIpc) is 2.46. The summed E-state index contributed by atoms with van der Waals surface area (Å²) in [5.41, 5.74) is 8.35. The van der Waals surface area contributed by atoms with Gasteiger partial charge in [-0.1, -0.05) is 24.3 Å². The molecule has 3 N–H and O–H groups in total. The van der Waals surface area contributed by atoms with Crippen LogP contribution >= 0.6 is 0 Å². The van der Waals surface area contributed by atoms with Crippen LogP contribution in [-0.2, 0) is 11.2 Å². The van der Waals surface area contributed by atoms with E-state index < -0.39 is 0 Å². The van der Waals surface area contributed by atoms with Crippen LogP contribution in [0.25, 0.3) is 0 Å². The third kappa shape index (κ3) is 1.31. The van der Waals surface area contributed by atoms with E-state index in [1.807, 2.05) is 18.2 Å². The van der Waals surface area contributed by atoms with Gasteiger partial charge < -0.3 is 11.1 Å². The van der Waals surface area contributed by atoms with Crippen molar-refractivity contribution in [3.05, 3.63) is 35.4 Å². The zero-order chi connectivity index (χ0) is 9.26. The molecule has 68 valence electrons. The van der Waals surface area contributed by atoms with Gasteiger partial charge in [-0.3, -0.25) is 4.79 Å². The van der Waals surface area contributed by atoms with E-state index in [0.717, 1.165) is 18.4 Å². The highest BCUT2D eigenvalue weighted by Crippen LogP contribution is 2.28. The van der Waals surface area contributed by atoms with Gasteiger partial charge in [0, 0.05) is 0 Å². The number of carbonyl (C=O) groups excluding carboxylic acids is 1. The van der Waals surface area contributed by atoms with E-state index in [4.69, 9.17) is 5.73 Å². The van der Waals surface area contributed by atoms with Gasteiger partial charge in [0.25, 0.3) is 0 Å². The summed E-state index contributed by atoms with van der Waals surface area (Å²) < 4.78 is 0.